The van der Waals surface area contributed by atoms with Crippen molar-refractivity contribution in [3.63, 3.8) is 0 Å². The van der Waals surface area contributed by atoms with Crippen LogP contribution in [0.2, 0.25) is 0 Å². The van der Waals surface area contributed by atoms with Crippen LogP contribution in [0, 0.1) is 0 Å². The molecule has 0 fully saturated rings. The Morgan fingerprint density at radius 3 is 2.93 bits per heavy atom. The van der Waals surface area contributed by atoms with E-state index in [4.69, 9.17) is 0 Å². The first-order valence-electron chi connectivity index (χ1n) is 4.92. The van der Waals surface area contributed by atoms with Gasteiger partial charge in [0.1, 0.15) is 0 Å². The lowest BCUT2D eigenvalue weighted by atomic mass is 10.2. The van der Waals surface area contributed by atoms with Gasteiger partial charge in [-0.05, 0) is 30.1 Å². The fraction of sp³-hybridized carbons (Fsp3) is 0.364. The number of para-hydroxylation sites is 1. The van der Waals surface area contributed by atoms with Gasteiger partial charge in [-0.25, -0.2) is 0 Å². The largest absolute Gasteiger partial charge is 0.294 e. The van der Waals surface area contributed by atoms with Gasteiger partial charge in [-0.1, -0.05) is 25.5 Å². The van der Waals surface area contributed by atoms with Crippen molar-refractivity contribution in [2.24, 2.45) is 0 Å². The lowest BCUT2D eigenvalue weighted by Gasteiger charge is -2.00. The molecule has 2 aromatic rings. The third-order valence-electron chi connectivity index (χ3n) is 2.30. The maximum atomic E-state index is 11.6. The Labute approximate surface area is 86.9 Å². The number of hydrogen-bond donors (Lipinski definition) is 0. The summed E-state index contributed by atoms with van der Waals surface area (Å²) in [6.45, 7) is 3.12. The minimum Gasteiger partial charge on any atom is -0.294 e. The number of rotatable bonds is 3. The van der Waals surface area contributed by atoms with Crippen LogP contribution in [-0.2, 0) is 6.54 Å². The van der Waals surface area contributed by atoms with Crippen molar-refractivity contribution in [2.75, 3.05) is 0 Å². The molecule has 0 N–H and O–H groups in total. The number of fused-ring (bicyclic) bond motifs is 1. The van der Waals surface area contributed by atoms with Gasteiger partial charge in [0, 0.05) is 6.54 Å². The highest BCUT2D eigenvalue weighted by Gasteiger charge is 2.04. The van der Waals surface area contributed by atoms with Crippen LogP contribution in [0.25, 0.3) is 10.9 Å². The first kappa shape index (κ1) is 9.46. The molecule has 0 aliphatic rings. The predicted molar refractivity (Wildman–Crippen MR) is 61.0 cm³/mol. The van der Waals surface area contributed by atoms with Crippen molar-refractivity contribution >= 4 is 22.4 Å². The van der Waals surface area contributed by atoms with E-state index >= 15 is 0 Å². The van der Waals surface area contributed by atoms with Crippen LogP contribution < -0.4 is 4.74 Å². The van der Waals surface area contributed by atoms with Crippen LogP contribution in [0.4, 0.5) is 0 Å². The summed E-state index contributed by atoms with van der Waals surface area (Å²) in [7, 11) is 0. The van der Waals surface area contributed by atoms with Crippen molar-refractivity contribution in [2.45, 2.75) is 26.3 Å². The molecule has 14 heavy (non-hydrogen) atoms. The highest BCUT2D eigenvalue weighted by molar-refractivity contribution is 7.05. The minimum absolute atomic E-state index is 0.178. The van der Waals surface area contributed by atoms with Crippen molar-refractivity contribution in [1.82, 2.24) is 3.96 Å². The number of benzene rings is 1. The SMILES string of the molecule is CCCCn1sc(=O)c2ccccc21. The van der Waals surface area contributed by atoms with E-state index < -0.39 is 0 Å². The van der Waals surface area contributed by atoms with Crippen LogP contribution in [0.15, 0.2) is 29.1 Å². The Kier molecular flexibility index (Phi) is 2.68. The highest BCUT2D eigenvalue weighted by atomic mass is 32.1. The van der Waals surface area contributed by atoms with E-state index in [1.165, 1.54) is 11.5 Å². The second-order valence-corrected chi connectivity index (χ2v) is 4.35. The second-order valence-electron chi connectivity index (χ2n) is 3.35. The van der Waals surface area contributed by atoms with E-state index in [0.717, 1.165) is 30.3 Å². The average Bonchev–Trinajstić information content (AvgIpc) is 2.54. The van der Waals surface area contributed by atoms with Gasteiger partial charge in [0.2, 0.25) is 0 Å². The van der Waals surface area contributed by atoms with Gasteiger partial charge in [0.25, 0.3) is 4.74 Å². The van der Waals surface area contributed by atoms with Gasteiger partial charge >= 0.3 is 0 Å². The summed E-state index contributed by atoms with van der Waals surface area (Å²) in [5, 5.41) is 0.855. The van der Waals surface area contributed by atoms with Crippen molar-refractivity contribution < 1.29 is 0 Å². The summed E-state index contributed by atoms with van der Waals surface area (Å²) in [6, 6.07) is 7.82. The first-order chi connectivity index (χ1) is 6.83. The average molecular weight is 207 g/mol. The van der Waals surface area contributed by atoms with Crippen LogP contribution in [0.5, 0.6) is 0 Å². The summed E-state index contributed by atoms with van der Waals surface area (Å²) in [4.78, 5) is 11.6. The summed E-state index contributed by atoms with van der Waals surface area (Å²) in [5.41, 5.74) is 1.08. The smallest absolute Gasteiger partial charge is 0.257 e. The molecule has 0 saturated heterocycles. The Balaban J connectivity index is 2.50. The minimum atomic E-state index is 0.178. The lowest BCUT2D eigenvalue weighted by Crippen LogP contribution is -1.92. The Morgan fingerprint density at radius 1 is 1.36 bits per heavy atom. The number of nitrogens with zero attached hydrogens (tertiary/aromatic N) is 1. The molecule has 3 heteroatoms. The topological polar surface area (TPSA) is 22.0 Å². The van der Waals surface area contributed by atoms with E-state index in [1.54, 1.807) is 0 Å². The molecule has 0 atom stereocenters. The summed E-state index contributed by atoms with van der Waals surface area (Å²) < 4.78 is 2.28. The fourth-order valence-electron chi connectivity index (χ4n) is 1.53. The quantitative estimate of drug-likeness (QED) is 0.758. The van der Waals surface area contributed by atoms with Gasteiger partial charge < -0.3 is 0 Å². The molecule has 1 aromatic carbocycles. The molecule has 1 aromatic heterocycles. The number of unbranched alkanes of at least 4 members (excludes halogenated alkanes) is 1. The molecule has 0 spiro atoms. The van der Waals surface area contributed by atoms with E-state index in [9.17, 15) is 4.79 Å². The molecule has 0 aliphatic heterocycles. The van der Waals surface area contributed by atoms with Crippen LogP contribution in [0.3, 0.4) is 0 Å². The van der Waals surface area contributed by atoms with Crippen molar-refractivity contribution in [1.29, 1.82) is 0 Å². The Hall–Kier alpha value is -1.09. The van der Waals surface area contributed by atoms with Gasteiger partial charge in [-0.2, -0.15) is 0 Å². The van der Waals surface area contributed by atoms with E-state index in [1.807, 2.05) is 24.3 Å². The third kappa shape index (κ3) is 1.60. The summed E-state index contributed by atoms with van der Waals surface area (Å²) in [6.07, 6.45) is 2.29. The van der Waals surface area contributed by atoms with Gasteiger partial charge in [0.05, 0.1) is 10.9 Å². The first-order valence-corrected chi connectivity index (χ1v) is 5.69. The fourth-order valence-corrected chi connectivity index (χ4v) is 2.48. The molecule has 0 saturated carbocycles. The molecule has 1 heterocycles. The van der Waals surface area contributed by atoms with Crippen LogP contribution in [-0.4, -0.2) is 3.96 Å². The molecule has 0 unspecified atom stereocenters. The normalized spacial score (nSPS) is 10.9. The third-order valence-corrected chi connectivity index (χ3v) is 3.29. The maximum absolute atomic E-state index is 11.6. The van der Waals surface area contributed by atoms with Crippen molar-refractivity contribution in [3.8, 4) is 0 Å². The maximum Gasteiger partial charge on any atom is 0.257 e. The Bertz CT molecular complexity index is 483. The summed E-state index contributed by atoms with van der Waals surface area (Å²) >= 11 is 1.33. The molecule has 74 valence electrons. The second kappa shape index (κ2) is 3.96. The molecule has 2 rings (SSSR count). The standard InChI is InChI=1S/C11H13NOS/c1-2-3-8-12-10-7-5-4-6-9(10)11(13)14-12/h4-7H,2-3,8H2,1H3. The molecule has 0 amide bonds. The zero-order valence-corrected chi connectivity index (χ0v) is 9.01. The van der Waals surface area contributed by atoms with Crippen LogP contribution in [0.1, 0.15) is 19.8 Å². The molecule has 2 nitrogen and oxygen atoms in total. The van der Waals surface area contributed by atoms with E-state index in [2.05, 4.69) is 10.9 Å². The highest BCUT2D eigenvalue weighted by Crippen LogP contribution is 2.14. The predicted octanol–water partition coefficient (Wildman–Crippen LogP) is 2.86. The van der Waals surface area contributed by atoms with Gasteiger partial charge in [-0.15, -0.1) is 0 Å². The lowest BCUT2D eigenvalue weighted by molar-refractivity contribution is 0.684. The number of aryl methyl sites for hydroxylation is 1. The van der Waals surface area contributed by atoms with E-state index in [0.29, 0.717) is 0 Å². The molecular weight excluding hydrogens is 194 g/mol. The Morgan fingerprint density at radius 2 is 2.14 bits per heavy atom. The van der Waals surface area contributed by atoms with Crippen LogP contribution >= 0.6 is 11.5 Å². The van der Waals surface area contributed by atoms with E-state index in [-0.39, 0.29) is 4.74 Å². The van der Waals surface area contributed by atoms with Gasteiger partial charge in [0.15, 0.2) is 0 Å². The summed E-state index contributed by atoms with van der Waals surface area (Å²) in [5.74, 6) is 0. The zero-order valence-electron chi connectivity index (χ0n) is 8.19. The molecular formula is C11H13NOS. The van der Waals surface area contributed by atoms with Gasteiger partial charge in [-0.3, -0.25) is 8.75 Å². The molecule has 0 bridgehead atoms. The monoisotopic (exact) mass is 207 g/mol. The molecule has 0 aliphatic carbocycles. The zero-order chi connectivity index (χ0) is 9.97. The molecule has 0 radical (unpaired) electrons. The number of aromatic nitrogens is 1. The van der Waals surface area contributed by atoms with Crippen molar-refractivity contribution in [3.05, 3.63) is 33.8 Å². The number of hydrogen-bond acceptors (Lipinski definition) is 2.